The monoisotopic (exact) mass is 860 g/mol. The Morgan fingerprint density at radius 3 is 1.47 bits per heavy atom. The van der Waals surface area contributed by atoms with E-state index in [-0.39, 0.29) is 89.5 Å². The van der Waals surface area contributed by atoms with Gasteiger partial charge in [0.2, 0.25) is 11.6 Å². The van der Waals surface area contributed by atoms with Gasteiger partial charge in [-0.25, -0.2) is 52.3 Å². The molecule has 4 rings (SSSR count). The average Bonchev–Trinajstić information content (AvgIpc) is 3.69. The first kappa shape index (κ1) is 58.9. The number of nitrogen functional groups attached to an aromatic ring is 1. The average molecular weight is 861 g/mol. The summed E-state index contributed by atoms with van der Waals surface area (Å²) >= 11 is 0. The molecular formula is C24H10ClF10Li3N10O7S2. The minimum Gasteiger partial charge on any atom is -1.00 e. The maximum absolute atomic E-state index is 13.5. The maximum atomic E-state index is 13.5. The van der Waals surface area contributed by atoms with Crippen LogP contribution < -0.4 is 72.9 Å². The topological polar surface area (TPSA) is 244 Å². The normalized spacial score (nSPS) is 11.6. The first-order valence-corrected chi connectivity index (χ1v) is 15.4. The van der Waals surface area contributed by atoms with Gasteiger partial charge in [-0.1, -0.05) is 41.5 Å². The van der Waals surface area contributed by atoms with Crippen molar-refractivity contribution >= 4 is 71.5 Å². The number of halogens is 11. The Bertz CT molecular complexity index is 2390. The summed E-state index contributed by atoms with van der Waals surface area (Å²) in [5, 5.41) is 19.0. The van der Waals surface area contributed by atoms with Gasteiger partial charge in [0.15, 0.2) is 56.3 Å². The number of imidazole rings is 1. The van der Waals surface area contributed by atoms with Crippen molar-refractivity contribution in [2.24, 2.45) is 9.39 Å². The summed E-state index contributed by atoms with van der Waals surface area (Å²) in [6.07, 6.45) is 0. The zero-order chi connectivity index (χ0) is 41.2. The van der Waals surface area contributed by atoms with Crippen LogP contribution in [0.15, 0.2) is 24.9 Å². The van der Waals surface area contributed by atoms with Crippen LogP contribution in [0.1, 0.15) is 8.85 Å². The molecule has 1 aliphatic heterocycles. The second kappa shape index (κ2) is 24.8. The van der Waals surface area contributed by atoms with Crippen LogP contribution in [0.4, 0.5) is 61.5 Å². The number of sulfonamides is 1. The van der Waals surface area contributed by atoms with Gasteiger partial charge in [-0.05, 0) is 0 Å². The molecule has 1 aromatic heterocycles. The molecule has 2 heterocycles. The Kier molecular flexibility index (Phi) is 25.6. The third kappa shape index (κ3) is 14.3. The van der Waals surface area contributed by atoms with Gasteiger partial charge < -0.3 is 42.6 Å². The Labute approximate surface area is 354 Å². The van der Waals surface area contributed by atoms with Crippen LogP contribution >= 0.6 is 10.7 Å². The molecule has 1 aliphatic rings. The van der Waals surface area contributed by atoms with E-state index < -0.39 is 105 Å². The number of rotatable bonds is 4. The van der Waals surface area contributed by atoms with Gasteiger partial charge in [-0.15, -0.1) is 0 Å². The van der Waals surface area contributed by atoms with Crippen molar-refractivity contribution in [1.82, 2.24) is 15.3 Å². The number of nitrogens with zero attached hydrogens (tertiary/aromatic N) is 7. The van der Waals surface area contributed by atoms with Crippen molar-refractivity contribution in [1.29, 1.82) is 0 Å². The van der Waals surface area contributed by atoms with E-state index in [1.807, 2.05) is 5.32 Å². The van der Waals surface area contributed by atoms with Crippen molar-refractivity contribution in [2.75, 3.05) is 5.73 Å². The van der Waals surface area contributed by atoms with E-state index in [4.69, 9.17) is 40.9 Å². The van der Waals surface area contributed by atoms with Crippen LogP contribution in [0, 0.1) is 77.9 Å². The minimum absolute atomic E-state index is 0. The third-order valence-electron chi connectivity index (χ3n) is 4.88. The van der Waals surface area contributed by atoms with Crippen LogP contribution in [0.25, 0.3) is 19.9 Å². The van der Waals surface area contributed by atoms with Crippen molar-refractivity contribution in [3.63, 3.8) is 0 Å². The Balaban J connectivity index is -0.000000238. The fourth-order valence-electron chi connectivity index (χ4n) is 2.85. The number of anilines is 1. The van der Waals surface area contributed by atoms with Crippen LogP contribution in [0.5, 0.6) is 0 Å². The van der Waals surface area contributed by atoms with E-state index in [9.17, 15) is 60.7 Å². The predicted molar refractivity (Wildman–Crippen MR) is 160 cm³/mol. The summed E-state index contributed by atoms with van der Waals surface area (Å²) in [4.78, 5) is 25.0. The zero-order valence-electron chi connectivity index (χ0n) is 28.1. The van der Waals surface area contributed by atoms with E-state index in [2.05, 4.69) is 49.5 Å². The second-order valence-corrected chi connectivity index (χ2v) is 12.0. The van der Waals surface area contributed by atoms with E-state index in [1.54, 1.807) is 0 Å². The molecule has 4 N–H and O–H groups in total. The van der Waals surface area contributed by atoms with Gasteiger partial charge in [0.05, 0.1) is 5.70 Å². The van der Waals surface area contributed by atoms with E-state index in [0.717, 1.165) is 0 Å². The summed E-state index contributed by atoms with van der Waals surface area (Å²) in [6.45, 7) is 19.6. The Morgan fingerprint density at radius 1 is 0.807 bits per heavy atom. The molecule has 290 valence electrons. The van der Waals surface area contributed by atoms with Gasteiger partial charge in [0.25, 0.3) is 37.2 Å². The number of aromatic amines is 1. The van der Waals surface area contributed by atoms with Gasteiger partial charge >= 0.3 is 74.3 Å². The van der Waals surface area contributed by atoms with E-state index >= 15 is 0 Å². The summed E-state index contributed by atoms with van der Waals surface area (Å²) < 4.78 is 176. The summed E-state index contributed by atoms with van der Waals surface area (Å²) in [6, 6.07) is 0. The van der Waals surface area contributed by atoms with Crippen molar-refractivity contribution in [3.8, 4) is 0 Å². The van der Waals surface area contributed by atoms with Crippen molar-refractivity contribution in [2.45, 2.75) is 17.2 Å². The van der Waals surface area contributed by atoms with Gasteiger partial charge in [-0.3, -0.25) is 15.6 Å². The minimum atomic E-state index is -5.43. The van der Waals surface area contributed by atoms with Crippen molar-refractivity contribution < 1.29 is 134 Å². The van der Waals surface area contributed by atoms with E-state index in [1.165, 1.54) is 5.87 Å². The molecule has 0 fully saturated rings. The Hall–Kier alpha value is -4.78. The molecule has 0 atom stereocenters. The number of hydrogen-bond acceptors (Lipinski definition) is 9. The quantitative estimate of drug-likeness (QED) is 0.0216. The molecule has 17 nitrogen and oxygen atoms in total. The zero-order valence-corrected chi connectivity index (χ0v) is 29.5. The molecule has 33 heteroatoms. The number of H-pyrrole nitrogens is 1. The molecule has 0 unspecified atom stereocenters. The standard InChI is InChI=1S/C11HF5N5O2S.C6ClF5O2S.C5H3N5.CH2O3.CH4.3Li.H/c1-18-10-3(2-17)19-11(20-10)21-24(22,23)9-7(15)5(13)4(12)6(14)8(9)16;7-15(13,14)6-4(11)2(9)1(8)3(10)5(6)12;1-7-3-4(8-2)10-5(6)9-3;2-1-4-3;;;;;/h(H,19,21);;(H3,6,9,10);1,3H;1H4;;;;/q-1;;;;;3*+1;-1/p-1. The summed E-state index contributed by atoms with van der Waals surface area (Å²) in [5.41, 5.74) is 4.67. The molecule has 0 amide bonds. The number of carbonyl (C=O) groups is 1. The third-order valence-corrected chi connectivity index (χ3v) is 7.48. The molecule has 0 spiro atoms. The van der Waals surface area contributed by atoms with Crippen molar-refractivity contribution in [3.05, 3.63) is 104 Å². The fourth-order valence-corrected chi connectivity index (χ4v) is 4.90. The number of aliphatic imine (C=N–C) groups is 1. The number of nitrogens with one attached hydrogen (secondary N) is 2. The molecule has 57 heavy (non-hydrogen) atoms. The van der Waals surface area contributed by atoms with Crippen LogP contribution in [-0.4, -0.2) is 50.9 Å². The first-order valence-electron chi connectivity index (χ1n) is 11.7. The Morgan fingerprint density at radius 2 is 1.19 bits per heavy atom. The maximum Gasteiger partial charge on any atom is 1.00 e. The fraction of sp³-hybridized carbons (Fsp3) is 0.0417. The predicted octanol–water partition coefficient (Wildman–Crippen LogP) is -4.93. The van der Waals surface area contributed by atoms with Crippen LogP contribution in [-0.2, 0) is 28.8 Å². The molecule has 0 aliphatic carbocycles. The largest absolute Gasteiger partial charge is 1.00 e. The molecule has 0 radical (unpaired) electrons. The molecule has 0 bridgehead atoms. The summed E-state index contributed by atoms with van der Waals surface area (Å²) in [5.74, 6) is -24.7. The smallest absolute Gasteiger partial charge is 1.00 e. The van der Waals surface area contributed by atoms with Crippen LogP contribution in [0.2, 0.25) is 0 Å². The molecule has 0 saturated carbocycles. The van der Waals surface area contributed by atoms with Gasteiger partial charge in [-0.2, -0.15) is 8.42 Å². The van der Waals surface area contributed by atoms with Crippen LogP contribution in [0.3, 0.4) is 0 Å². The first-order chi connectivity index (χ1) is 24.5. The number of nitrogens with two attached hydrogens (primary N) is 1. The number of benzene rings is 2. The number of amidine groups is 1. The second-order valence-electron chi connectivity index (χ2n) is 8.00. The number of hydrogen-bond donors (Lipinski definition) is 3. The SMILES string of the molecule is C.O=CO[O-].O=S(=O)(Cl)c1c(F)c(F)c(F)c(F)c1F.[C-]#[N+]C1=NC(=NS(=O)(=O)c2c(F)c(F)c(F)c(F)c2F)NC1=C=[N-].[C-]#[N+]c1nc(N)[nH]c1[N+]#[C-].[H-].[Li+].[Li+].[Li+]. The molecule has 2 aromatic carbocycles. The van der Waals surface area contributed by atoms with Gasteiger partial charge in [0.1, 0.15) is 0 Å². The van der Waals surface area contributed by atoms with E-state index in [0.29, 0.717) is 0 Å². The number of aromatic nitrogens is 2. The number of guanidine groups is 1. The molecule has 3 aromatic rings. The van der Waals surface area contributed by atoms with Gasteiger partial charge in [0, 0.05) is 10.7 Å². The number of carbonyl (C=O) groups excluding carboxylic acids is 1. The summed E-state index contributed by atoms with van der Waals surface area (Å²) in [7, 11) is -5.98. The molecule has 0 saturated heterocycles. The molecular weight excluding hydrogens is 851 g/mol.